The standard InChI is InChI=1S/C12H14ClN3O/c1-8-7-16(15-12(8)14-9(2)17)11-5-3-10(13)4-6-11/h3-6,8H,7H2,1-2H3,(H,14,15,17). The minimum Gasteiger partial charge on any atom is -0.313 e. The van der Waals surface area contributed by atoms with Gasteiger partial charge in [0.2, 0.25) is 5.91 Å². The van der Waals surface area contributed by atoms with E-state index in [1.165, 1.54) is 6.92 Å². The Kier molecular flexibility index (Phi) is 3.33. The predicted octanol–water partition coefficient (Wildman–Crippen LogP) is 2.25. The first kappa shape index (κ1) is 11.9. The van der Waals surface area contributed by atoms with Crippen LogP contribution in [-0.4, -0.2) is 18.3 Å². The molecule has 0 aromatic heterocycles. The Morgan fingerprint density at radius 2 is 2.12 bits per heavy atom. The fourth-order valence-electron chi connectivity index (χ4n) is 1.72. The van der Waals surface area contributed by atoms with Gasteiger partial charge < -0.3 is 5.32 Å². The molecule has 17 heavy (non-hydrogen) atoms. The van der Waals surface area contributed by atoms with Gasteiger partial charge in [-0.25, -0.2) is 0 Å². The lowest BCUT2D eigenvalue weighted by atomic mass is 10.1. The molecule has 1 unspecified atom stereocenters. The number of nitrogens with one attached hydrogen (secondary N) is 1. The molecule has 0 saturated carbocycles. The van der Waals surface area contributed by atoms with Crippen molar-refractivity contribution in [1.82, 2.24) is 5.32 Å². The number of halogens is 1. The minimum atomic E-state index is -0.0893. The number of rotatable bonds is 1. The molecular formula is C12H14ClN3O. The number of benzene rings is 1. The van der Waals surface area contributed by atoms with Crippen molar-refractivity contribution in [3.8, 4) is 0 Å². The third-order valence-electron chi connectivity index (χ3n) is 2.57. The fraction of sp³-hybridized carbons (Fsp3) is 0.333. The molecule has 2 rings (SSSR count). The van der Waals surface area contributed by atoms with E-state index in [4.69, 9.17) is 11.6 Å². The van der Waals surface area contributed by atoms with E-state index in [-0.39, 0.29) is 11.8 Å². The van der Waals surface area contributed by atoms with Gasteiger partial charge in [0.25, 0.3) is 0 Å². The highest BCUT2D eigenvalue weighted by atomic mass is 35.5. The second-order valence-electron chi connectivity index (χ2n) is 4.13. The quantitative estimate of drug-likeness (QED) is 0.832. The molecule has 5 heteroatoms. The molecule has 1 aromatic carbocycles. The molecule has 1 aliphatic heterocycles. The molecule has 0 bridgehead atoms. The van der Waals surface area contributed by atoms with Crippen molar-refractivity contribution in [2.45, 2.75) is 13.8 Å². The third kappa shape index (κ3) is 2.77. The summed E-state index contributed by atoms with van der Waals surface area (Å²) >= 11 is 5.83. The first-order valence-corrected chi connectivity index (χ1v) is 5.83. The van der Waals surface area contributed by atoms with E-state index >= 15 is 0 Å². The third-order valence-corrected chi connectivity index (χ3v) is 2.82. The molecule has 4 nitrogen and oxygen atoms in total. The number of hydrogen-bond donors (Lipinski definition) is 1. The number of carbonyl (C=O) groups excluding carboxylic acids is 1. The molecule has 0 aliphatic carbocycles. The van der Waals surface area contributed by atoms with Crippen molar-refractivity contribution in [2.75, 3.05) is 11.6 Å². The predicted molar refractivity (Wildman–Crippen MR) is 69.2 cm³/mol. The van der Waals surface area contributed by atoms with Crippen molar-refractivity contribution in [3.05, 3.63) is 29.3 Å². The first-order valence-electron chi connectivity index (χ1n) is 5.45. The Labute approximate surface area is 105 Å². The van der Waals surface area contributed by atoms with Crippen LogP contribution in [0.2, 0.25) is 5.02 Å². The zero-order valence-electron chi connectivity index (χ0n) is 9.77. The van der Waals surface area contributed by atoms with E-state index in [1.807, 2.05) is 36.2 Å². The largest absolute Gasteiger partial charge is 0.313 e. The molecule has 1 aromatic rings. The molecule has 1 N–H and O–H groups in total. The molecular weight excluding hydrogens is 238 g/mol. The van der Waals surface area contributed by atoms with Crippen molar-refractivity contribution < 1.29 is 4.79 Å². The van der Waals surface area contributed by atoms with E-state index in [2.05, 4.69) is 10.4 Å². The number of nitrogens with zero attached hydrogens (tertiary/aromatic N) is 2. The van der Waals surface area contributed by atoms with Gasteiger partial charge in [-0.2, -0.15) is 5.10 Å². The van der Waals surface area contributed by atoms with Crippen LogP contribution in [0.5, 0.6) is 0 Å². The number of hydrazone groups is 1. The second-order valence-corrected chi connectivity index (χ2v) is 4.56. The van der Waals surface area contributed by atoms with Crippen LogP contribution in [0.15, 0.2) is 29.4 Å². The maximum absolute atomic E-state index is 11.0. The van der Waals surface area contributed by atoms with Gasteiger partial charge in [-0.15, -0.1) is 0 Å². The molecule has 0 fully saturated rings. The minimum absolute atomic E-state index is 0.0893. The van der Waals surface area contributed by atoms with E-state index in [0.717, 1.165) is 12.2 Å². The smallest absolute Gasteiger partial charge is 0.222 e. The lowest BCUT2D eigenvalue weighted by Gasteiger charge is -2.13. The SMILES string of the molecule is CC(=O)NC1=NN(c2ccc(Cl)cc2)CC1C. The number of amidine groups is 1. The summed E-state index contributed by atoms with van der Waals surface area (Å²) in [4.78, 5) is 11.0. The molecule has 1 amide bonds. The van der Waals surface area contributed by atoms with Crippen LogP contribution >= 0.6 is 11.6 Å². The van der Waals surface area contributed by atoms with Gasteiger partial charge in [0.1, 0.15) is 5.84 Å². The van der Waals surface area contributed by atoms with Crippen molar-refractivity contribution in [2.24, 2.45) is 11.0 Å². The van der Waals surface area contributed by atoms with Gasteiger partial charge in [-0.1, -0.05) is 18.5 Å². The Morgan fingerprint density at radius 1 is 1.47 bits per heavy atom. The average Bonchev–Trinajstić information content (AvgIpc) is 2.60. The van der Waals surface area contributed by atoms with E-state index < -0.39 is 0 Å². The van der Waals surface area contributed by atoms with Crippen molar-refractivity contribution in [1.29, 1.82) is 0 Å². The highest BCUT2D eigenvalue weighted by Crippen LogP contribution is 2.23. The highest BCUT2D eigenvalue weighted by molar-refractivity contribution is 6.30. The van der Waals surface area contributed by atoms with Crippen LogP contribution in [-0.2, 0) is 4.79 Å². The van der Waals surface area contributed by atoms with Crippen molar-refractivity contribution >= 4 is 29.0 Å². The summed E-state index contributed by atoms with van der Waals surface area (Å²) < 4.78 is 0. The highest BCUT2D eigenvalue weighted by Gasteiger charge is 2.24. The lowest BCUT2D eigenvalue weighted by molar-refractivity contribution is -0.117. The molecule has 0 radical (unpaired) electrons. The molecule has 1 heterocycles. The Bertz CT molecular complexity index is 455. The van der Waals surface area contributed by atoms with Gasteiger partial charge in [-0.05, 0) is 24.3 Å². The Hall–Kier alpha value is -1.55. The molecule has 90 valence electrons. The monoisotopic (exact) mass is 251 g/mol. The number of hydrogen-bond acceptors (Lipinski definition) is 3. The average molecular weight is 252 g/mol. The summed E-state index contributed by atoms with van der Waals surface area (Å²) in [6.45, 7) is 4.28. The lowest BCUT2D eigenvalue weighted by Crippen LogP contribution is -2.31. The van der Waals surface area contributed by atoms with Crippen LogP contribution in [0, 0.1) is 5.92 Å². The maximum atomic E-state index is 11.0. The van der Waals surface area contributed by atoms with Gasteiger partial charge in [0.05, 0.1) is 12.2 Å². The zero-order chi connectivity index (χ0) is 12.4. The van der Waals surface area contributed by atoms with Gasteiger partial charge in [0.15, 0.2) is 0 Å². The normalized spacial score (nSPS) is 19.1. The van der Waals surface area contributed by atoms with Crippen LogP contribution in [0.1, 0.15) is 13.8 Å². The summed E-state index contributed by atoms with van der Waals surface area (Å²) in [5.74, 6) is 0.843. The van der Waals surface area contributed by atoms with Crippen LogP contribution < -0.4 is 10.3 Å². The fourth-order valence-corrected chi connectivity index (χ4v) is 1.85. The van der Waals surface area contributed by atoms with Crippen molar-refractivity contribution in [3.63, 3.8) is 0 Å². The summed E-state index contributed by atoms with van der Waals surface area (Å²) in [6, 6.07) is 7.48. The van der Waals surface area contributed by atoms with Gasteiger partial charge in [0, 0.05) is 17.9 Å². The topological polar surface area (TPSA) is 44.7 Å². The summed E-state index contributed by atoms with van der Waals surface area (Å²) in [6.07, 6.45) is 0. The summed E-state index contributed by atoms with van der Waals surface area (Å²) in [7, 11) is 0. The molecule has 0 saturated heterocycles. The van der Waals surface area contributed by atoms with E-state index in [9.17, 15) is 4.79 Å². The Morgan fingerprint density at radius 3 is 2.71 bits per heavy atom. The molecule has 0 spiro atoms. The van der Waals surface area contributed by atoms with E-state index in [0.29, 0.717) is 10.9 Å². The maximum Gasteiger partial charge on any atom is 0.222 e. The summed E-state index contributed by atoms with van der Waals surface area (Å²) in [5.41, 5.74) is 0.974. The number of amides is 1. The van der Waals surface area contributed by atoms with Gasteiger partial charge in [-0.3, -0.25) is 9.80 Å². The zero-order valence-corrected chi connectivity index (χ0v) is 10.5. The number of anilines is 1. The molecule has 1 aliphatic rings. The van der Waals surface area contributed by atoms with Crippen LogP contribution in [0.3, 0.4) is 0 Å². The van der Waals surface area contributed by atoms with Crippen LogP contribution in [0.25, 0.3) is 0 Å². The summed E-state index contributed by atoms with van der Waals surface area (Å²) in [5, 5.41) is 9.70. The molecule has 1 atom stereocenters. The first-order chi connectivity index (χ1) is 8.06. The van der Waals surface area contributed by atoms with Gasteiger partial charge >= 0.3 is 0 Å². The van der Waals surface area contributed by atoms with Crippen LogP contribution in [0.4, 0.5) is 5.69 Å². The second kappa shape index (κ2) is 4.75. The number of carbonyl (C=O) groups is 1. The Balaban J connectivity index is 2.16. The van der Waals surface area contributed by atoms with E-state index in [1.54, 1.807) is 0 Å².